The second kappa shape index (κ2) is 5.52. The minimum Gasteiger partial charge on any atom is -0.467 e. The van der Waals surface area contributed by atoms with Gasteiger partial charge in [0.1, 0.15) is 6.04 Å². The minimum absolute atomic E-state index is 0.131. The first-order valence-corrected chi connectivity index (χ1v) is 6.13. The number of carbonyl (C=O) groups excluding carboxylic acids is 1. The largest absolute Gasteiger partial charge is 0.467 e. The van der Waals surface area contributed by atoms with Crippen molar-refractivity contribution in [2.75, 3.05) is 7.11 Å². The second-order valence-electron chi connectivity index (χ2n) is 5.67. The molecule has 1 aromatic rings. The normalized spacial score (nSPS) is 13.7. The summed E-state index contributed by atoms with van der Waals surface area (Å²) in [4.78, 5) is 16.0. The smallest absolute Gasteiger partial charge is 0.329 e. The SMILES string of the molecule is COC(=O)C(C(C)C)n1cncc1CC(C)(C)N. The van der Waals surface area contributed by atoms with Gasteiger partial charge in [0.2, 0.25) is 0 Å². The van der Waals surface area contributed by atoms with Gasteiger partial charge in [-0.3, -0.25) is 0 Å². The summed E-state index contributed by atoms with van der Waals surface area (Å²) in [5, 5.41) is 0. The molecular weight excluding hydrogens is 230 g/mol. The summed E-state index contributed by atoms with van der Waals surface area (Å²) < 4.78 is 6.73. The molecule has 102 valence electrons. The van der Waals surface area contributed by atoms with Crippen LogP contribution in [0.15, 0.2) is 12.5 Å². The first-order valence-electron chi connectivity index (χ1n) is 6.13. The Morgan fingerprint density at radius 1 is 1.56 bits per heavy atom. The number of carbonyl (C=O) groups is 1. The third-order valence-electron chi connectivity index (χ3n) is 2.76. The molecule has 0 spiro atoms. The van der Waals surface area contributed by atoms with Gasteiger partial charge < -0.3 is 15.0 Å². The van der Waals surface area contributed by atoms with Gasteiger partial charge in [0.25, 0.3) is 0 Å². The lowest BCUT2D eigenvalue weighted by atomic mass is 9.98. The zero-order valence-corrected chi connectivity index (χ0v) is 11.8. The number of hydrogen-bond donors (Lipinski definition) is 1. The second-order valence-corrected chi connectivity index (χ2v) is 5.67. The Morgan fingerprint density at radius 3 is 2.61 bits per heavy atom. The van der Waals surface area contributed by atoms with E-state index >= 15 is 0 Å². The molecule has 1 aromatic heterocycles. The molecule has 2 N–H and O–H groups in total. The van der Waals surface area contributed by atoms with Crippen LogP contribution in [0.25, 0.3) is 0 Å². The molecule has 1 atom stereocenters. The highest BCUT2D eigenvalue weighted by Crippen LogP contribution is 2.23. The number of methoxy groups -OCH3 is 1. The van der Waals surface area contributed by atoms with Crippen LogP contribution in [-0.2, 0) is 16.0 Å². The third-order valence-corrected chi connectivity index (χ3v) is 2.76. The van der Waals surface area contributed by atoms with Crippen molar-refractivity contribution in [3.8, 4) is 0 Å². The van der Waals surface area contributed by atoms with Gasteiger partial charge >= 0.3 is 5.97 Å². The zero-order chi connectivity index (χ0) is 13.9. The highest BCUT2D eigenvalue weighted by atomic mass is 16.5. The lowest BCUT2D eigenvalue weighted by Crippen LogP contribution is -2.36. The van der Waals surface area contributed by atoms with Crippen molar-refractivity contribution in [3.05, 3.63) is 18.2 Å². The number of nitrogens with zero attached hydrogens (tertiary/aromatic N) is 2. The topological polar surface area (TPSA) is 70.1 Å². The summed E-state index contributed by atoms with van der Waals surface area (Å²) in [6, 6.07) is -0.352. The first kappa shape index (κ1) is 14.7. The summed E-state index contributed by atoms with van der Waals surface area (Å²) in [5.74, 6) is -0.120. The van der Waals surface area contributed by atoms with E-state index in [1.165, 1.54) is 7.11 Å². The van der Waals surface area contributed by atoms with E-state index in [0.29, 0.717) is 6.42 Å². The van der Waals surface area contributed by atoms with Crippen LogP contribution < -0.4 is 5.73 Å². The first-order chi connectivity index (χ1) is 8.26. The van der Waals surface area contributed by atoms with Crippen molar-refractivity contribution >= 4 is 5.97 Å². The molecule has 5 nitrogen and oxygen atoms in total. The predicted molar refractivity (Wildman–Crippen MR) is 70.1 cm³/mol. The highest BCUT2D eigenvalue weighted by Gasteiger charge is 2.27. The standard InChI is InChI=1S/C13H23N3O2/c1-9(2)11(12(17)18-5)16-8-15-7-10(16)6-13(3,4)14/h7-9,11H,6,14H2,1-5H3. The van der Waals surface area contributed by atoms with Crippen LogP contribution in [-0.4, -0.2) is 28.2 Å². The van der Waals surface area contributed by atoms with Gasteiger partial charge in [-0.25, -0.2) is 9.78 Å². The van der Waals surface area contributed by atoms with Crippen molar-refractivity contribution < 1.29 is 9.53 Å². The molecule has 0 amide bonds. The molecule has 0 aliphatic rings. The molecule has 1 rings (SSSR count). The van der Waals surface area contributed by atoms with Gasteiger partial charge in [0, 0.05) is 23.9 Å². The van der Waals surface area contributed by atoms with E-state index in [1.807, 2.05) is 32.3 Å². The van der Waals surface area contributed by atoms with Gasteiger partial charge in [0.15, 0.2) is 0 Å². The number of hydrogen-bond acceptors (Lipinski definition) is 4. The van der Waals surface area contributed by atoms with E-state index in [2.05, 4.69) is 4.98 Å². The average Bonchev–Trinajstić information content (AvgIpc) is 2.63. The monoisotopic (exact) mass is 253 g/mol. The highest BCUT2D eigenvalue weighted by molar-refractivity contribution is 5.74. The van der Waals surface area contributed by atoms with Crippen molar-refractivity contribution in [2.45, 2.75) is 45.7 Å². The van der Waals surface area contributed by atoms with Crippen LogP contribution in [0, 0.1) is 5.92 Å². The molecule has 1 unspecified atom stereocenters. The molecule has 0 saturated carbocycles. The Hall–Kier alpha value is -1.36. The molecule has 18 heavy (non-hydrogen) atoms. The summed E-state index contributed by atoms with van der Waals surface area (Å²) in [5.41, 5.74) is 6.64. The molecule has 0 aliphatic carbocycles. The minimum atomic E-state index is -0.352. The summed E-state index contributed by atoms with van der Waals surface area (Å²) >= 11 is 0. The number of imidazole rings is 1. The van der Waals surface area contributed by atoms with E-state index in [0.717, 1.165) is 5.69 Å². The number of aromatic nitrogens is 2. The van der Waals surface area contributed by atoms with Crippen LogP contribution in [0.4, 0.5) is 0 Å². The van der Waals surface area contributed by atoms with E-state index in [-0.39, 0.29) is 23.5 Å². The van der Waals surface area contributed by atoms with Crippen LogP contribution in [0.5, 0.6) is 0 Å². The molecule has 5 heteroatoms. The van der Waals surface area contributed by atoms with Gasteiger partial charge in [-0.2, -0.15) is 0 Å². The van der Waals surface area contributed by atoms with Crippen LogP contribution in [0.3, 0.4) is 0 Å². The Morgan fingerprint density at radius 2 is 2.17 bits per heavy atom. The van der Waals surface area contributed by atoms with Crippen LogP contribution in [0.1, 0.15) is 39.4 Å². The Bertz CT molecular complexity index is 405. The lowest BCUT2D eigenvalue weighted by Gasteiger charge is -2.25. The maximum atomic E-state index is 11.9. The van der Waals surface area contributed by atoms with E-state index < -0.39 is 0 Å². The molecule has 1 heterocycles. The van der Waals surface area contributed by atoms with Gasteiger partial charge in [-0.05, 0) is 19.8 Å². The van der Waals surface area contributed by atoms with Crippen LogP contribution in [0.2, 0.25) is 0 Å². The van der Waals surface area contributed by atoms with Crippen molar-refractivity contribution in [3.63, 3.8) is 0 Å². The van der Waals surface area contributed by atoms with E-state index in [9.17, 15) is 4.79 Å². The summed E-state index contributed by atoms with van der Waals surface area (Å²) in [7, 11) is 1.40. The van der Waals surface area contributed by atoms with E-state index in [4.69, 9.17) is 10.5 Å². The Balaban J connectivity index is 3.07. The molecule has 0 aromatic carbocycles. The van der Waals surface area contributed by atoms with Gasteiger partial charge in [0.05, 0.1) is 13.4 Å². The fraction of sp³-hybridized carbons (Fsp3) is 0.692. The zero-order valence-electron chi connectivity index (χ0n) is 11.8. The fourth-order valence-corrected chi connectivity index (χ4v) is 2.01. The lowest BCUT2D eigenvalue weighted by molar-refractivity contribution is -0.146. The molecule has 0 aliphatic heterocycles. The van der Waals surface area contributed by atoms with Crippen molar-refractivity contribution in [1.29, 1.82) is 0 Å². The third kappa shape index (κ3) is 3.57. The quantitative estimate of drug-likeness (QED) is 0.808. The van der Waals surface area contributed by atoms with Crippen LogP contribution >= 0.6 is 0 Å². The summed E-state index contributed by atoms with van der Waals surface area (Å²) in [6.07, 6.45) is 4.09. The molecule has 0 saturated heterocycles. The predicted octanol–water partition coefficient (Wildman–Crippen LogP) is 1.53. The number of ether oxygens (including phenoxy) is 1. The Kier molecular flexibility index (Phi) is 4.51. The molecule has 0 radical (unpaired) electrons. The maximum Gasteiger partial charge on any atom is 0.329 e. The number of rotatable bonds is 5. The van der Waals surface area contributed by atoms with Crippen molar-refractivity contribution in [2.24, 2.45) is 11.7 Å². The van der Waals surface area contributed by atoms with E-state index in [1.54, 1.807) is 12.5 Å². The van der Waals surface area contributed by atoms with Gasteiger partial charge in [-0.15, -0.1) is 0 Å². The summed E-state index contributed by atoms with van der Waals surface area (Å²) in [6.45, 7) is 7.87. The molecule has 0 bridgehead atoms. The molecule has 0 fully saturated rings. The fourth-order valence-electron chi connectivity index (χ4n) is 2.01. The molecular formula is C13H23N3O2. The van der Waals surface area contributed by atoms with Crippen molar-refractivity contribution in [1.82, 2.24) is 9.55 Å². The average molecular weight is 253 g/mol. The Labute approximate surface area is 108 Å². The van der Waals surface area contributed by atoms with Gasteiger partial charge in [-0.1, -0.05) is 13.8 Å². The number of esters is 1. The maximum absolute atomic E-state index is 11.9. The number of nitrogens with two attached hydrogens (primary N) is 1.